The van der Waals surface area contributed by atoms with Crippen molar-refractivity contribution in [2.75, 3.05) is 13.2 Å². The molecule has 0 aromatic heterocycles. The summed E-state index contributed by atoms with van der Waals surface area (Å²) in [5.41, 5.74) is -0.619. The van der Waals surface area contributed by atoms with Gasteiger partial charge in [0.05, 0.1) is 24.7 Å². The van der Waals surface area contributed by atoms with Crippen LogP contribution < -0.4 is 0 Å². The molecule has 0 unspecified atom stereocenters. The van der Waals surface area contributed by atoms with Gasteiger partial charge in [-0.15, -0.1) is 0 Å². The van der Waals surface area contributed by atoms with Crippen LogP contribution in [0.5, 0.6) is 0 Å². The lowest BCUT2D eigenvalue weighted by atomic mass is 10.2. The monoisotopic (exact) mass is 502 g/mol. The fourth-order valence-electron chi connectivity index (χ4n) is 3.13. The first-order valence-corrected chi connectivity index (χ1v) is 11.1. The van der Waals surface area contributed by atoms with E-state index in [0.717, 1.165) is 0 Å². The standard InChI is InChI=1S/C26H28F6O3/c1-17(7-3-5-9-33-15-21-23(29)11-19(27)12-24(21)30)35-18(2)8-4-6-10-34-16-22-25(31)13-20(28)14-26(22)32/h11-14H,1-10,15-16H2. The molecule has 0 atom stereocenters. The summed E-state index contributed by atoms with van der Waals surface area (Å²) in [4.78, 5) is 0. The lowest BCUT2D eigenvalue weighted by molar-refractivity contribution is 0.110. The molecule has 35 heavy (non-hydrogen) atoms. The molecule has 0 aliphatic heterocycles. The fourth-order valence-corrected chi connectivity index (χ4v) is 3.13. The Labute approximate surface area is 201 Å². The summed E-state index contributed by atoms with van der Waals surface area (Å²) < 4.78 is 96.0. The number of hydrogen-bond donors (Lipinski definition) is 0. The quantitative estimate of drug-likeness (QED) is 0.134. The second-order valence-corrected chi connectivity index (χ2v) is 7.89. The van der Waals surface area contributed by atoms with E-state index >= 15 is 0 Å². The first kappa shape index (κ1) is 28.5. The third kappa shape index (κ3) is 10.2. The van der Waals surface area contributed by atoms with Gasteiger partial charge in [0.25, 0.3) is 0 Å². The molecule has 9 heteroatoms. The lowest BCUT2D eigenvalue weighted by Crippen LogP contribution is -2.03. The first-order chi connectivity index (χ1) is 16.7. The largest absolute Gasteiger partial charge is 0.467 e. The van der Waals surface area contributed by atoms with Crippen molar-refractivity contribution in [1.82, 2.24) is 0 Å². The van der Waals surface area contributed by atoms with E-state index in [4.69, 9.17) is 14.2 Å². The van der Waals surface area contributed by atoms with Crippen LogP contribution in [0.15, 0.2) is 48.9 Å². The molecule has 0 saturated carbocycles. The number of unbranched alkanes of at least 4 members (excludes halogenated alkanes) is 2. The molecule has 0 radical (unpaired) electrons. The van der Waals surface area contributed by atoms with E-state index in [2.05, 4.69) is 13.2 Å². The molecule has 3 nitrogen and oxygen atoms in total. The second kappa shape index (κ2) is 14.6. The van der Waals surface area contributed by atoms with E-state index in [1.54, 1.807) is 0 Å². The first-order valence-electron chi connectivity index (χ1n) is 11.1. The Morgan fingerprint density at radius 3 is 1.26 bits per heavy atom. The predicted molar refractivity (Wildman–Crippen MR) is 119 cm³/mol. The zero-order valence-electron chi connectivity index (χ0n) is 19.3. The summed E-state index contributed by atoms with van der Waals surface area (Å²) in [7, 11) is 0. The van der Waals surface area contributed by atoms with Crippen LogP contribution in [0.1, 0.15) is 49.7 Å². The maximum absolute atomic E-state index is 13.5. The minimum absolute atomic E-state index is 0.260. The third-order valence-electron chi connectivity index (χ3n) is 4.98. The number of rotatable bonds is 16. The number of halogens is 6. The van der Waals surface area contributed by atoms with Crippen LogP contribution in [0.4, 0.5) is 26.3 Å². The van der Waals surface area contributed by atoms with Gasteiger partial charge in [-0.25, -0.2) is 26.3 Å². The Bertz CT molecular complexity index is 883. The zero-order chi connectivity index (χ0) is 25.8. The van der Waals surface area contributed by atoms with Crippen LogP contribution in [0.3, 0.4) is 0 Å². The van der Waals surface area contributed by atoms with Crippen LogP contribution in [-0.2, 0) is 27.4 Å². The number of hydrogen-bond acceptors (Lipinski definition) is 3. The van der Waals surface area contributed by atoms with Crippen molar-refractivity contribution in [2.45, 2.75) is 51.7 Å². The third-order valence-corrected chi connectivity index (χ3v) is 4.98. The molecule has 0 saturated heterocycles. The van der Waals surface area contributed by atoms with Gasteiger partial charge in [-0.1, -0.05) is 13.2 Å². The molecule has 0 amide bonds. The van der Waals surface area contributed by atoms with Gasteiger partial charge in [0, 0.05) is 61.4 Å². The Hall–Kier alpha value is -2.78. The maximum Gasteiger partial charge on any atom is 0.134 e. The van der Waals surface area contributed by atoms with Crippen molar-refractivity contribution in [3.8, 4) is 0 Å². The Morgan fingerprint density at radius 1 is 0.571 bits per heavy atom. The highest BCUT2D eigenvalue weighted by Gasteiger charge is 2.12. The molecule has 0 spiro atoms. The topological polar surface area (TPSA) is 27.7 Å². The Balaban J connectivity index is 1.50. The summed E-state index contributed by atoms with van der Waals surface area (Å²) in [6.45, 7) is 7.59. The summed E-state index contributed by atoms with van der Waals surface area (Å²) in [6, 6.07) is 2.44. The molecular formula is C26H28F6O3. The molecule has 0 aliphatic rings. The molecule has 2 aromatic carbocycles. The average Bonchev–Trinajstić information content (AvgIpc) is 2.75. The van der Waals surface area contributed by atoms with Crippen LogP contribution in [0.25, 0.3) is 0 Å². The second-order valence-electron chi connectivity index (χ2n) is 7.89. The summed E-state index contributed by atoms with van der Waals surface area (Å²) in [5, 5.41) is 0. The molecule has 0 N–H and O–H groups in total. The normalized spacial score (nSPS) is 11.0. The van der Waals surface area contributed by atoms with Crippen LogP contribution in [0, 0.1) is 34.9 Å². The predicted octanol–water partition coefficient (Wildman–Crippen LogP) is 7.64. The van der Waals surface area contributed by atoms with Crippen molar-refractivity contribution >= 4 is 0 Å². The highest BCUT2D eigenvalue weighted by molar-refractivity contribution is 5.20. The number of benzene rings is 2. The Morgan fingerprint density at radius 2 is 0.914 bits per heavy atom. The summed E-state index contributed by atoms with van der Waals surface area (Å²) in [5.74, 6) is -4.85. The highest BCUT2D eigenvalue weighted by Crippen LogP contribution is 2.19. The van der Waals surface area contributed by atoms with E-state index in [9.17, 15) is 26.3 Å². The highest BCUT2D eigenvalue weighted by atomic mass is 19.2. The maximum atomic E-state index is 13.5. The van der Waals surface area contributed by atoms with E-state index in [1.807, 2.05) is 0 Å². The van der Waals surface area contributed by atoms with Crippen molar-refractivity contribution in [3.05, 3.63) is 95.0 Å². The van der Waals surface area contributed by atoms with Crippen molar-refractivity contribution in [2.24, 2.45) is 0 Å². The number of ether oxygens (including phenoxy) is 3. The molecule has 0 fully saturated rings. The van der Waals surface area contributed by atoms with Gasteiger partial charge < -0.3 is 14.2 Å². The molecular weight excluding hydrogens is 474 g/mol. The fraction of sp³-hybridized carbons (Fsp3) is 0.385. The molecule has 192 valence electrons. The van der Waals surface area contributed by atoms with Gasteiger partial charge in [-0.05, 0) is 25.7 Å². The molecule has 2 aromatic rings. The molecule has 0 heterocycles. The number of allylic oxidation sites excluding steroid dienone is 2. The van der Waals surface area contributed by atoms with Crippen molar-refractivity contribution in [1.29, 1.82) is 0 Å². The van der Waals surface area contributed by atoms with Gasteiger partial charge in [0.2, 0.25) is 0 Å². The SMILES string of the molecule is C=C(CCCCOCc1c(F)cc(F)cc1F)OC(=C)CCCCOCc1c(F)cc(F)cc1F. The molecule has 2 rings (SSSR count). The van der Waals surface area contributed by atoms with Gasteiger partial charge in [-0.3, -0.25) is 0 Å². The Kier molecular flexibility index (Phi) is 11.9. The lowest BCUT2D eigenvalue weighted by Gasteiger charge is -2.12. The van der Waals surface area contributed by atoms with Gasteiger partial charge in [0.1, 0.15) is 34.9 Å². The zero-order valence-corrected chi connectivity index (χ0v) is 19.3. The molecule has 0 bridgehead atoms. The summed E-state index contributed by atoms with van der Waals surface area (Å²) >= 11 is 0. The van der Waals surface area contributed by atoms with E-state index in [0.29, 0.717) is 74.3 Å². The van der Waals surface area contributed by atoms with Gasteiger partial charge >= 0.3 is 0 Å². The van der Waals surface area contributed by atoms with E-state index in [-0.39, 0.29) is 37.6 Å². The van der Waals surface area contributed by atoms with E-state index in [1.165, 1.54) is 0 Å². The average molecular weight is 502 g/mol. The minimum Gasteiger partial charge on any atom is -0.467 e. The van der Waals surface area contributed by atoms with Gasteiger partial charge in [-0.2, -0.15) is 0 Å². The van der Waals surface area contributed by atoms with Crippen LogP contribution in [0.2, 0.25) is 0 Å². The van der Waals surface area contributed by atoms with Crippen LogP contribution >= 0.6 is 0 Å². The molecule has 0 aliphatic carbocycles. The van der Waals surface area contributed by atoms with Gasteiger partial charge in [0.15, 0.2) is 0 Å². The smallest absolute Gasteiger partial charge is 0.134 e. The summed E-state index contributed by atoms with van der Waals surface area (Å²) in [6.07, 6.45) is 3.63. The van der Waals surface area contributed by atoms with Crippen molar-refractivity contribution in [3.63, 3.8) is 0 Å². The van der Waals surface area contributed by atoms with E-state index < -0.39 is 34.9 Å². The van der Waals surface area contributed by atoms with Crippen LogP contribution in [-0.4, -0.2) is 13.2 Å². The van der Waals surface area contributed by atoms with Crippen molar-refractivity contribution < 1.29 is 40.6 Å². The minimum atomic E-state index is -0.981.